The van der Waals surface area contributed by atoms with E-state index in [1.165, 1.54) is 18.1 Å². The number of rotatable bonds is 7. The van der Waals surface area contributed by atoms with Gasteiger partial charge in [0.15, 0.2) is 5.16 Å². The van der Waals surface area contributed by atoms with E-state index >= 15 is 0 Å². The molecule has 0 spiro atoms. The van der Waals surface area contributed by atoms with Crippen molar-refractivity contribution in [2.24, 2.45) is 0 Å². The average molecular weight is 244 g/mol. The molecule has 0 saturated heterocycles. The van der Waals surface area contributed by atoms with Crippen LogP contribution < -0.4 is 5.32 Å². The zero-order chi connectivity index (χ0) is 11.8. The number of hydrogen-bond acceptors (Lipinski definition) is 6. The fraction of sp³-hybridized carbons (Fsp3) is 0.667. The number of carbonyl (C=O) groups is 1. The molecule has 0 aliphatic rings. The Labute approximate surface area is 98.6 Å². The van der Waals surface area contributed by atoms with Crippen molar-refractivity contribution in [2.75, 3.05) is 18.9 Å². The minimum absolute atomic E-state index is 0.226. The summed E-state index contributed by atoms with van der Waals surface area (Å²) in [4.78, 5) is 15.5. The van der Waals surface area contributed by atoms with E-state index in [4.69, 9.17) is 4.74 Å². The van der Waals surface area contributed by atoms with Gasteiger partial charge in [-0.25, -0.2) is 4.98 Å². The van der Waals surface area contributed by atoms with Gasteiger partial charge in [0.05, 0.1) is 6.61 Å². The highest BCUT2D eigenvalue weighted by molar-refractivity contribution is 7.99. The van der Waals surface area contributed by atoms with Crippen molar-refractivity contribution in [2.45, 2.75) is 25.0 Å². The number of esters is 1. The number of thioether (sulfide) groups is 1. The molecule has 1 aromatic rings. The molecule has 7 heteroatoms. The third-order valence-corrected chi connectivity index (χ3v) is 2.77. The minimum Gasteiger partial charge on any atom is -0.465 e. The van der Waals surface area contributed by atoms with Crippen molar-refractivity contribution in [3.05, 3.63) is 6.33 Å². The minimum atomic E-state index is -0.306. The molecule has 1 atom stereocenters. The van der Waals surface area contributed by atoms with Crippen molar-refractivity contribution in [1.29, 1.82) is 0 Å². The van der Waals surface area contributed by atoms with E-state index < -0.39 is 0 Å². The van der Waals surface area contributed by atoms with Crippen LogP contribution in [0.2, 0.25) is 0 Å². The number of H-pyrrole nitrogens is 1. The highest BCUT2D eigenvalue weighted by Crippen LogP contribution is 2.12. The number of aromatic amines is 1. The topological polar surface area (TPSA) is 79.9 Å². The molecule has 0 amide bonds. The van der Waals surface area contributed by atoms with Gasteiger partial charge in [0, 0.05) is 5.75 Å². The normalized spacial score (nSPS) is 12.4. The van der Waals surface area contributed by atoms with Crippen LogP contribution in [0.1, 0.15) is 13.8 Å². The van der Waals surface area contributed by atoms with Gasteiger partial charge in [-0.3, -0.25) is 9.89 Å². The molecule has 1 heterocycles. The molecule has 16 heavy (non-hydrogen) atoms. The second-order valence-electron chi connectivity index (χ2n) is 2.96. The van der Waals surface area contributed by atoms with Crippen molar-refractivity contribution >= 4 is 17.7 Å². The number of ether oxygens (including phenoxy) is 1. The molecule has 1 aromatic heterocycles. The average Bonchev–Trinajstić information content (AvgIpc) is 2.77. The maximum Gasteiger partial charge on any atom is 0.323 e. The molecule has 0 aliphatic carbocycles. The first-order valence-corrected chi connectivity index (χ1v) is 6.14. The van der Waals surface area contributed by atoms with Crippen LogP contribution in [-0.2, 0) is 9.53 Å². The van der Waals surface area contributed by atoms with Gasteiger partial charge in [0.1, 0.15) is 12.4 Å². The van der Waals surface area contributed by atoms with Gasteiger partial charge in [0.25, 0.3) is 0 Å². The summed E-state index contributed by atoms with van der Waals surface area (Å²) in [6.07, 6.45) is 1.44. The first kappa shape index (κ1) is 13.0. The standard InChI is InChI=1S/C9H16N4O2S/c1-3-10-7(8(14)15-4-2)5-16-9-11-6-12-13-9/h6-7,10H,3-5H2,1-2H3,(H,11,12,13). The molecule has 1 unspecified atom stereocenters. The number of carbonyl (C=O) groups excluding carboxylic acids is 1. The Morgan fingerprint density at radius 2 is 2.50 bits per heavy atom. The molecule has 90 valence electrons. The lowest BCUT2D eigenvalue weighted by molar-refractivity contribution is -0.144. The molecule has 0 radical (unpaired) electrons. The van der Waals surface area contributed by atoms with E-state index in [0.29, 0.717) is 17.5 Å². The van der Waals surface area contributed by atoms with Crippen molar-refractivity contribution in [1.82, 2.24) is 20.5 Å². The Kier molecular flexibility index (Phi) is 5.87. The number of aromatic nitrogens is 3. The third-order valence-electron chi connectivity index (χ3n) is 1.80. The summed E-state index contributed by atoms with van der Waals surface area (Å²) in [5.41, 5.74) is 0. The number of likely N-dealkylation sites (N-methyl/N-ethyl adjacent to an activating group) is 1. The van der Waals surface area contributed by atoms with Crippen molar-refractivity contribution in [3.63, 3.8) is 0 Å². The fourth-order valence-electron chi connectivity index (χ4n) is 1.13. The molecule has 6 nitrogen and oxygen atoms in total. The lowest BCUT2D eigenvalue weighted by Gasteiger charge is -2.14. The second-order valence-corrected chi connectivity index (χ2v) is 3.97. The van der Waals surface area contributed by atoms with Gasteiger partial charge in [-0.15, -0.1) is 0 Å². The van der Waals surface area contributed by atoms with E-state index in [1.807, 2.05) is 6.92 Å². The molecule has 0 bridgehead atoms. The number of hydrogen-bond donors (Lipinski definition) is 2. The lowest BCUT2D eigenvalue weighted by atomic mass is 10.3. The van der Waals surface area contributed by atoms with E-state index in [0.717, 1.165) is 6.54 Å². The van der Waals surface area contributed by atoms with Gasteiger partial charge >= 0.3 is 5.97 Å². The van der Waals surface area contributed by atoms with Crippen LogP contribution in [0.5, 0.6) is 0 Å². The summed E-state index contributed by atoms with van der Waals surface area (Å²) < 4.78 is 4.97. The Morgan fingerprint density at radius 1 is 1.69 bits per heavy atom. The highest BCUT2D eigenvalue weighted by atomic mass is 32.2. The van der Waals surface area contributed by atoms with E-state index in [1.54, 1.807) is 6.92 Å². The quantitative estimate of drug-likeness (QED) is 0.535. The van der Waals surface area contributed by atoms with Gasteiger partial charge in [-0.05, 0) is 13.5 Å². The lowest BCUT2D eigenvalue weighted by Crippen LogP contribution is -2.40. The van der Waals surface area contributed by atoms with Gasteiger partial charge in [-0.1, -0.05) is 18.7 Å². The monoisotopic (exact) mass is 244 g/mol. The predicted molar refractivity (Wildman–Crippen MR) is 61.2 cm³/mol. The Balaban J connectivity index is 2.41. The molecule has 2 N–H and O–H groups in total. The zero-order valence-electron chi connectivity index (χ0n) is 9.40. The predicted octanol–water partition coefficient (Wildman–Crippen LogP) is 0.438. The van der Waals surface area contributed by atoms with Crippen LogP contribution in [0.15, 0.2) is 11.5 Å². The van der Waals surface area contributed by atoms with Crippen LogP contribution in [0, 0.1) is 0 Å². The van der Waals surface area contributed by atoms with E-state index in [2.05, 4.69) is 20.5 Å². The first-order chi connectivity index (χ1) is 7.77. The van der Waals surface area contributed by atoms with Gasteiger partial charge in [0.2, 0.25) is 0 Å². The van der Waals surface area contributed by atoms with Crippen molar-refractivity contribution in [3.8, 4) is 0 Å². The Hall–Kier alpha value is -1.08. The molecule has 0 aromatic carbocycles. The van der Waals surface area contributed by atoms with E-state index in [9.17, 15) is 4.79 Å². The van der Waals surface area contributed by atoms with Crippen LogP contribution in [0.3, 0.4) is 0 Å². The second kappa shape index (κ2) is 7.24. The van der Waals surface area contributed by atoms with Crippen LogP contribution in [-0.4, -0.2) is 46.1 Å². The summed E-state index contributed by atoms with van der Waals surface area (Å²) in [6, 6.07) is -0.306. The van der Waals surface area contributed by atoms with Crippen LogP contribution in [0.4, 0.5) is 0 Å². The summed E-state index contributed by atoms with van der Waals surface area (Å²) in [5, 5.41) is 10.2. The molecule has 1 rings (SSSR count). The first-order valence-electron chi connectivity index (χ1n) is 5.16. The van der Waals surface area contributed by atoms with Crippen LogP contribution in [0.25, 0.3) is 0 Å². The molecular weight excluding hydrogens is 228 g/mol. The zero-order valence-corrected chi connectivity index (χ0v) is 10.2. The maximum absolute atomic E-state index is 11.5. The third kappa shape index (κ3) is 4.19. The number of nitrogens with one attached hydrogen (secondary N) is 2. The molecule has 0 fully saturated rings. The Morgan fingerprint density at radius 3 is 3.06 bits per heavy atom. The summed E-state index contributed by atoms with van der Waals surface area (Å²) >= 11 is 1.44. The van der Waals surface area contributed by atoms with Gasteiger partial charge in [-0.2, -0.15) is 5.10 Å². The fourth-order valence-corrected chi connectivity index (χ4v) is 1.94. The smallest absolute Gasteiger partial charge is 0.323 e. The SMILES string of the molecule is CCNC(CSc1ncn[nH]1)C(=O)OCC. The summed E-state index contributed by atoms with van der Waals surface area (Å²) in [7, 11) is 0. The molecular formula is C9H16N4O2S. The van der Waals surface area contributed by atoms with Gasteiger partial charge < -0.3 is 10.1 Å². The van der Waals surface area contributed by atoms with Crippen molar-refractivity contribution < 1.29 is 9.53 Å². The van der Waals surface area contributed by atoms with E-state index in [-0.39, 0.29) is 12.0 Å². The maximum atomic E-state index is 11.5. The summed E-state index contributed by atoms with van der Waals surface area (Å²) in [6.45, 7) is 4.87. The number of nitrogens with zero attached hydrogens (tertiary/aromatic N) is 2. The molecule has 0 aliphatic heterocycles. The molecule has 0 saturated carbocycles. The largest absolute Gasteiger partial charge is 0.465 e. The van der Waals surface area contributed by atoms with Crippen LogP contribution >= 0.6 is 11.8 Å². The highest BCUT2D eigenvalue weighted by Gasteiger charge is 2.19. The summed E-state index contributed by atoms with van der Waals surface area (Å²) in [5.74, 6) is 0.346. The Bertz CT molecular complexity index is 304.